The Bertz CT molecular complexity index is 1170. The van der Waals surface area contributed by atoms with E-state index in [1.165, 1.54) is 26.4 Å². The Hall–Kier alpha value is -4.32. The van der Waals surface area contributed by atoms with Gasteiger partial charge >= 0.3 is 12.2 Å². The number of hydrogen-bond acceptors (Lipinski definition) is 9. The lowest BCUT2D eigenvalue weighted by atomic mass is 9.88. The minimum Gasteiger partial charge on any atom is -0.508 e. The first kappa shape index (κ1) is 30.2. The van der Waals surface area contributed by atoms with Gasteiger partial charge in [-0.15, -0.1) is 0 Å². The fourth-order valence-electron chi connectivity index (χ4n) is 4.01. The summed E-state index contributed by atoms with van der Waals surface area (Å²) in [5.74, 6) is 0.403. The van der Waals surface area contributed by atoms with Gasteiger partial charge in [-0.1, -0.05) is 24.3 Å². The number of phenols is 1. The van der Waals surface area contributed by atoms with Crippen LogP contribution in [0.4, 0.5) is 21.0 Å². The van der Waals surface area contributed by atoms with Crippen molar-refractivity contribution in [2.75, 3.05) is 44.5 Å². The second-order valence-corrected chi connectivity index (χ2v) is 8.94. The van der Waals surface area contributed by atoms with Crippen molar-refractivity contribution in [2.45, 2.75) is 25.0 Å². The fraction of sp³-hybridized carbons (Fsp3) is 0.310. The maximum Gasteiger partial charge on any atom is 0.411 e. The van der Waals surface area contributed by atoms with Crippen molar-refractivity contribution in [2.24, 2.45) is 0 Å². The molecule has 0 saturated carbocycles. The molecule has 0 bridgehead atoms. The molecule has 1 atom stereocenters. The summed E-state index contributed by atoms with van der Waals surface area (Å²) in [4.78, 5) is 23.0. The average molecular weight is 554 g/mol. The molecule has 0 fully saturated rings. The number of carbonyl (C=O) groups excluding carboxylic acids is 2. The smallest absolute Gasteiger partial charge is 0.411 e. The van der Waals surface area contributed by atoms with Crippen molar-refractivity contribution in [1.29, 1.82) is 0 Å². The number of anilines is 2. The monoisotopic (exact) mass is 553 g/mol. The van der Waals surface area contributed by atoms with Crippen molar-refractivity contribution in [3.05, 3.63) is 83.4 Å². The highest BCUT2D eigenvalue weighted by Gasteiger charge is 2.16. The van der Waals surface area contributed by atoms with E-state index < -0.39 is 18.3 Å². The van der Waals surface area contributed by atoms with Crippen LogP contribution in [0.15, 0.2) is 66.7 Å². The van der Waals surface area contributed by atoms with Gasteiger partial charge in [0, 0.05) is 29.4 Å². The Kier molecular flexibility index (Phi) is 11.6. The molecule has 11 heteroatoms. The van der Waals surface area contributed by atoms with Crippen LogP contribution in [-0.2, 0) is 16.1 Å². The second kappa shape index (κ2) is 15.3. The number of methoxy groups -OCH3 is 2. The number of carbonyl (C=O) groups is 2. The lowest BCUT2D eigenvalue weighted by Gasteiger charge is -2.20. The summed E-state index contributed by atoms with van der Waals surface area (Å²) >= 11 is 0. The van der Waals surface area contributed by atoms with Crippen LogP contribution in [0, 0.1) is 0 Å². The zero-order chi connectivity index (χ0) is 28.9. The van der Waals surface area contributed by atoms with Gasteiger partial charge < -0.3 is 34.8 Å². The van der Waals surface area contributed by atoms with E-state index in [4.69, 9.17) is 4.74 Å². The Balaban J connectivity index is 1.60. The average Bonchev–Trinajstić information content (AvgIpc) is 2.97. The van der Waals surface area contributed by atoms with E-state index in [1.54, 1.807) is 30.3 Å². The molecule has 0 aliphatic heterocycles. The molecule has 0 aliphatic carbocycles. The predicted octanol–water partition coefficient (Wildman–Crippen LogP) is 3.79. The fourth-order valence-corrected chi connectivity index (χ4v) is 4.01. The molecule has 3 rings (SSSR count). The minimum absolute atomic E-state index is 0.0182. The van der Waals surface area contributed by atoms with Gasteiger partial charge in [-0.05, 0) is 66.6 Å². The highest BCUT2D eigenvalue weighted by molar-refractivity contribution is 5.85. The van der Waals surface area contributed by atoms with Crippen LogP contribution < -0.4 is 20.7 Å². The molecule has 11 nitrogen and oxygen atoms in total. The number of amides is 2. The van der Waals surface area contributed by atoms with Crippen molar-refractivity contribution >= 4 is 23.6 Å². The normalized spacial score (nSPS) is 11.5. The summed E-state index contributed by atoms with van der Waals surface area (Å²) in [6.07, 6.45) is -1.19. The number of hydrogen-bond donors (Lipinski definition) is 6. The minimum atomic E-state index is -0.780. The molecule has 3 aromatic carbocycles. The molecule has 2 amide bonds. The maximum atomic E-state index is 11.5. The summed E-state index contributed by atoms with van der Waals surface area (Å²) in [5, 5.41) is 37.8. The van der Waals surface area contributed by atoms with Crippen molar-refractivity contribution in [1.82, 2.24) is 5.32 Å². The van der Waals surface area contributed by atoms with E-state index in [0.717, 1.165) is 11.1 Å². The first-order valence-corrected chi connectivity index (χ1v) is 12.7. The molecule has 0 saturated heterocycles. The molecular formula is C29H35N3O8. The molecule has 0 aliphatic rings. The number of rotatable bonds is 13. The van der Waals surface area contributed by atoms with Crippen LogP contribution in [0.1, 0.15) is 29.0 Å². The zero-order valence-electron chi connectivity index (χ0n) is 22.4. The number of benzene rings is 3. The van der Waals surface area contributed by atoms with Crippen molar-refractivity contribution in [3.8, 4) is 11.5 Å². The SMILES string of the molecule is COC(=O)Nc1ccc(C(CCNC[C@H](O)COc2ccc(O)c(CO)c2)c2ccc(NC(=O)OC)cc2)cc1. The first-order chi connectivity index (χ1) is 19.3. The van der Waals surface area contributed by atoms with E-state index >= 15 is 0 Å². The van der Waals surface area contributed by atoms with Gasteiger partial charge in [-0.25, -0.2) is 9.59 Å². The Morgan fingerprint density at radius 1 is 0.850 bits per heavy atom. The van der Waals surface area contributed by atoms with Gasteiger partial charge in [0.1, 0.15) is 24.2 Å². The van der Waals surface area contributed by atoms with Crippen LogP contribution in [0.2, 0.25) is 0 Å². The molecular weight excluding hydrogens is 518 g/mol. The van der Waals surface area contributed by atoms with E-state index in [2.05, 4.69) is 25.4 Å². The highest BCUT2D eigenvalue weighted by atomic mass is 16.5. The Morgan fingerprint density at radius 2 is 1.40 bits per heavy atom. The lowest BCUT2D eigenvalue weighted by molar-refractivity contribution is 0.106. The van der Waals surface area contributed by atoms with Crippen LogP contribution in [-0.4, -0.2) is 67.5 Å². The summed E-state index contributed by atoms with van der Waals surface area (Å²) in [7, 11) is 2.60. The van der Waals surface area contributed by atoms with Crippen LogP contribution in [0.5, 0.6) is 11.5 Å². The number of nitrogens with one attached hydrogen (secondary N) is 3. The summed E-state index contributed by atoms with van der Waals surface area (Å²) in [5.41, 5.74) is 3.59. The standard InChI is InChI=1S/C29H35N3O8/c1-38-28(36)31-22-7-3-19(4-8-22)26(20-5-9-23(10-6-20)32-29(37)39-2)13-14-30-16-24(34)18-40-25-11-12-27(35)21(15-25)17-33/h3-12,15,24,26,30,33-35H,13-14,16-18H2,1-2H3,(H,31,36)(H,32,37)/t24-/m0/s1. The van der Waals surface area contributed by atoms with Gasteiger partial charge in [-0.3, -0.25) is 10.6 Å². The van der Waals surface area contributed by atoms with Crippen LogP contribution in [0.25, 0.3) is 0 Å². The Morgan fingerprint density at radius 3 is 1.90 bits per heavy atom. The number of ether oxygens (including phenoxy) is 3. The summed E-state index contributed by atoms with van der Waals surface area (Å²) in [6.45, 7) is 0.598. The van der Waals surface area contributed by atoms with E-state index in [9.17, 15) is 24.9 Å². The van der Waals surface area contributed by atoms with Gasteiger partial charge in [0.2, 0.25) is 0 Å². The number of aromatic hydroxyl groups is 1. The highest BCUT2D eigenvalue weighted by Crippen LogP contribution is 2.30. The number of aliphatic hydroxyl groups is 2. The zero-order valence-corrected chi connectivity index (χ0v) is 22.4. The largest absolute Gasteiger partial charge is 0.508 e. The third-order valence-electron chi connectivity index (χ3n) is 6.14. The molecule has 0 unspecified atom stereocenters. The molecule has 3 aromatic rings. The molecule has 0 radical (unpaired) electrons. The summed E-state index contributed by atoms with van der Waals surface area (Å²) in [6, 6.07) is 19.4. The van der Waals surface area contributed by atoms with Gasteiger partial charge in [0.05, 0.1) is 20.8 Å². The third-order valence-corrected chi connectivity index (χ3v) is 6.14. The van der Waals surface area contributed by atoms with E-state index in [1.807, 2.05) is 24.3 Å². The first-order valence-electron chi connectivity index (χ1n) is 12.7. The van der Waals surface area contributed by atoms with Gasteiger partial charge in [0.25, 0.3) is 0 Å². The van der Waals surface area contributed by atoms with E-state index in [-0.39, 0.29) is 24.9 Å². The molecule has 0 spiro atoms. The van der Waals surface area contributed by atoms with E-state index in [0.29, 0.717) is 42.2 Å². The second-order valence-electron chi connectivity index (χ2n) is 8.94. The van der Waals surface area contributed by atoms with Crippen molar-refractivity contribution in [3.63, 3.8) is 0 Å². The van der Waals surface area contributed by atoms with Crippen LogP contribution in [0.3, 0.4) is 0 Å². The molecule has 0 heterocycles. The molecule has 0 aromatic heterocycles. The summed E-state index contributed by atoms with van der Waals surface area (Å²) < 4.78 is 14.9. The lowest BCUT2D eigenvalue weighted by Crippen LogP contribution is -2.32. The van der Waals surface area contributed by atoms with Gasteiger partial charge in [0.15, 0.2) is 0 Å². The maximum absolute atomic E-state index is 11.5. The van der Waals surface area contributed by atoms with Crippen molar-refractivity contribution < 1.29 is 39.1 Å². The Labute approximate surface area is 232 Å². The predicted molar refractivity (Wildman–Crippen MR) is 150 cm³/mol. The van der Waals surface area contributed by atoms with Gasteiger partial charge in [-0.2, -0.15) is 0 Å². The number of aliphatic hydroxyl groups excluding tert-OH is 2. The molecule has 6 N–H and O–H groups in total. The molecule has 214 valence electrons. The third kappa shape index (κ3) is 9.16. The van der Waals surface area contributed by atoms with Crippen LogP contribution >= 0.6 is 0 Å². The molecule has 40 heavy (non-hydrogen) atoms. The topological polar surface area (TPSA) is 159 Å². The quantitative estimate of drug-likeness (QED) is 0.173.